The number of nitrogens with one attached hydrogen (secondary N) is 1. The molecule has 0 saturated heterocycles. The number of benzene rings is 1. The molecule has 0 saturated carbocycles. The molecule has 98 valence electrons. The fourth-order valence-corrected chi connectivity index (χ4v) is 1.64. The third-order valence-corrected chi connectivity index (χ3v) is 2.82. The molecule has 0 aliphatic carbocycles. The van der Waals surface area contributed by atoms with Gasteiger partial charge in [0.05, 0.1) is 5.02 Å². The van der Waals surface area contributed by atoms with Crippen molar-refractivity contribution in [3.8, 4) is 5.75 Å². The molecule has 0 amide bonds. The van der Waals surface area contributed by atoms with Gasteiger partial charge in [-0.25, -0.2) is 4.39 Å². The lowest BCUT2D eigenvalue weighted by molar-refractivity contribution is 0.290. The molecule has 19 heavy (non-hydrogen) atoms. The second kappa shape index (κ2) is 5.67. The summed E-state index contributed by atoms with van der Waals surface area (Å²) in [6.07, 6.45) is 3.08. The Morgan fingerprint density at radius 1 is 1.42 bits per heavy atom. The average molecular weight is 280 g/mol. The first kappa shape index (κ1) is 13.3. The molecule has 0 aliphatic heterocycles. The molecule has 1 heterocycles. The molecular formula is C13H11ClFN3O. The van der Waals surface area contributed by atoms with E-state index in [0.29, 0.717) is 16.1 Å². The third kappa shape index (κ3) is 3.20. The average Bonchev–Trinajstić information content (AvgIpc) is 2.39. The van der Waals surface area contributed by atoms with Crippen molar-refractivity contribution in [2.45, 2.75) is 6.61 Å². The van der Waals surface area contributed by atoms with Crippen molar-refractivity contribution in [2.24, 2.45) is 5.73 Å². The Hall–Kier alpha value is -2.14. The number of halogens is 2. The number of amidine groups is 1. The van der Waals surface area contributed by atoms with Gasteiger partial charge < -0.3 is 10.5 Å². The molecule has 6 heteroatoms. The number of nitrogens with zero attached hydrogens (tertiary/aromatic N) is 1. The van der Waals surface area contributed by atoms with Crippen LogP contribution >= 0.6 is 11.6 Å². The normalized spacial score (nSPS) is 10.2. The van der Waals surface area contributed by atoms with Crippen LogP contribution in [0.2, 0.25) is 5.02 Å². The lowest BCUT2D eigenvalue weighted by Gasteiger charge is -2.09. The second-order valence-corrected chi connectivity index (χ2v) is 4.22. The quantitative estimate of drug-likeness (QED) is 0.668. The summed E-state index contributed by atoms with van der Waals surface area (Å²) in [6, 6.07) is 5.81. The predicted molar refractivity (Wildman–Crippen MR) is 71.0 cm³/mol. The van der Waals surface area contributed by atoms with Crippen molar-refractivity contribution in [3.05, 3.63) is 58.6 Å². The van der Waals surface area contributed by atoms with E-state index in [2.05, 4.69) is 4.98 Å². The number of rotatable bonds is 4. The maximum absolute atomic E-state index is 13.7. The van der Waals surface area contributed by atoms with Crippen molar-refractivity contribution >= 4 is 17.4 Å². The van der Waals surface area contributed by atoms with E-state index < -0.39 is 5.82 Å². The molecule has 1 aromatic carbocycles. The van der Waals surface area contributed by atoms with Crippen LogP contribution in [0.4, 0.5) is 4.39 Å². The molecular weight excluding hydrogens is 269 g/mol. The molecule has 0 aliphatic rings. The van der Waals surface area contributed by atoms with Gasteiger partial charge in [0.2, 0.25) is 0 Å². The van der Waals surface area contributed by atoms with Gasteiger partial charge in [0, 0.05) is 23.5 Å². The molecule has 4 nitrogen and oxygen atoms in total. The number of nitrogens with two attached hydrogens (primary N) is 1. The highest BCUT2D eigenvalue weighted by atomic mass is 35.5. The molecule has 0 fully saturated rings. The molecule has 0 unspecified atom stereocenters. The zero-order chi connectivity index (χ0) is 13.8. The number of pyridine rings is 1. The van der Waals surface area contributed by atoms with Gasteiger partial charge >= 0.3 is 0 Å². The third-order valence-electron chi connectivity index (χ3n) is 2.48. The highest BCUT2D eigenvalue weighted by Gasteiger charge is 2.07. The Bertz CT molecular complexity index is 619. The van der Waals surface area contributed by atoms with E-state index in [1.807, 2.05) is 0 Å². The van der Waals surface area contributed by atoms with E-state index in [4.69, 9.17) is 27.5 Å². The van der Waals surface area contributed by atoms with E-state index in [1.165, 1.54) is 18.3 Å². The first-order chi connectivity index (χ1) is 9.08. The van der Waals surface area contributed by atoms with Crippen LogP contribution in [0.3, 0.4) is 0 Å². The minimum absolute atomic E-state index is 0.0814. The van der Waals surface area contributed by atoms with Crippen LogP contribution in [-0.4, -0.2) is 10.8 Å². The van der Waals surface area contributed by atoms with E-state index in [9.17, 15) is 4.39 Å². The Morgan fingerprint density at radius 3 is 2.84 bits per heavy atom. The molecule has 2 rings (SSSR count). The standard InChI is InChI=1S/C13H11ClFN3O/c14-10-6-18-4-3-9(10)7-19-12-2-1-8(13(16)17)5-11(12)15/h1-6H,7H2,(H3,16,17). The Balaban J connectivity index is 2.12. The van der Waals surface area contributed by atoms with E-state index in [0.717, 1.165) is 6.07 Å². The van der Waals surface area contributed by atoms with Crippen molar-refractivity contribution < 1.29 is 9.13 Å². The largest absolute Gasteiger partial charge is 0.486 e. The van der Waals surface area contributed by atoms with Crippen LogP contribution in [0.15, 0.2) is 36.7 Å². The van der Waals surface area contributed by atoms with E-state index >= 15 is 0 Å². The summed E-state index contributed by atoms with van der Waals surface area (Å²) >= 11 is 5.92. The number of aromatic nitrogens is 1. The van der Waals surface area contributed by atoms with Gasteiger partial charge in [0.25, 0.3) is 0 Å². The molecule has 3 N–H and O–H groups in total. The Labute approximate surface area is 114 Å². The Morgan fingerprint density at radius 2 is 2.21 bits per heavy atom. The van der Waals surface area contributed by atoms with Gasteiger partial charge in [0.1, 0.15) is 12.4 Å². The second-order valence-electron chi connectivity index (χ2n) is 3.81. The minimum Gasteiger partial charge on any atom is -0.486 e. The summed E-state index contributed by atoms with van der Waals surface area (Å²) in [7, 11) is 0. The van der Waals surface area contributed by atoms with Crippen LogP contribution in [-0.2, 0) is 6.61 Å². The van der Waals surface area contributed by atoms with Gasteiger partial charge in [-0.3, -0.25) is 10.4 Å². The van der Waals surface area contributed by atoms with E-state index in [1.54, 1.807) is 12.3 Å². The van der Waals surface area contributed by atoms with Gasteiger partial charge in [-0.2, -0.15) is 0 Å². The summed E-state index contributed by atoms with van der Waals surface area (Å²) in [5.41, 5.74) is 6.30. The van der Waals surface area contributed by atoms with Crippen LogP contribution in [0, 0.1) is 11.2 Å². The zero-order valence-electron chi connectivity index (χ0n) is 9.86. The van der Waals surface area contributed by atoms with Crippen LogP contribution in [0.25, 0.3) is 0 Å². The van der Waals surface area contributed by atoms with Gasteiger partial charge in [0.15, 0.2) is 11.6 Å². The maximum atomic E-state index is 13.7. The SMILES string of the molecule is N=C(N)c1ccc(OCc2ccncc2Cl)c(F)c1. The van der Waals surface area contributed by atoms with Gasteiger partial charge in [-0.1, -0.05) is 11.6 Å². The van der Waals surface area contributed by atoms with Crippen LogP contribution < -0.4 is 10.5 Å². The molecule has 0 atom stereocenters. The highest BCUT2D eigenvalue weighted by Crippen LogP contribution is 2.21. The maximum Gasteiger partial charge on any atom is 0.165 e. The van der Waals surface area contributed by atoms with Crippen molar-refractivity contribution in [3.63, 3.8) is 0 Å². The molecule has 0 bridgehead atoms. The van der Waals surface area contributed by atoms with Crippen molar-refractivity contribution in [1.29, 1.82) is 5.41 Å². The lowest BCUT2D eigenvalue weighted by atomic mass is 10.2. The number of ether oxygens (including phenoxy) is 1. The predicted octanol–water partition coefficient (Wildman–Crippen LogP) is 2.74. The van der Waals surface area contributed by atoms with Gasteiger partial charge in [-0.15, -0.1) is 0 Å². The summed E-state index contributed by atoms with van der Waals surface area (Å²) < 4.78 is 19.0. The van der Waals surface area contributed by atoms with Crippen molar-refractivity contribution in [1.82, 2.24) is 4.98 Å². The summed E-state index contributed by atoms with van der Waals surface area (Å²) in [6.45, 7) is 0.137. The first-order valence-corrected chi connectivity index (χ1v) is 5.81. The molecule has 2 aromatic rings. The number of nitrogen functional groups attached to an aromatic ring is 1. The summed E-state index contributed by atoms with van der Waals surface area (Å²) in [5.74, 6) is -0.682. The van der Waals surface area contributed by atoms with E-state index in [-0.39, 0.29) is 18.2 Å². The fourth-order valence-electron chi connectivity index (χ4n) is 1.46. The molecule has 0 radical (unpaired) electrons. The molecule has 0 spiro atoms. The highest BCUT2D eigenvalue weighted by molar-refractivity contribution is 6.31. The first-order valence-electron chi connectivity index (χ1n) is 5.43. The van der Waals surface area contributed by atoms with Gasteiger partial charge in [-0.05, 0) is 24.3 Å². The smallest absolute Gasteiger partial charge is 0.165 e. The minimum atomic E-state index is -0.571. The van der Waals surface area contributed by atoms with Crippen LogP contribution in [0.1, 0.15) is 11.1 Å². The number of hydrogen-bond acceptors (Lipinski definition) is 3. The Kier molecular flexibility index (Phi) is 3.97. The lowest BCUT2D eigenvalue weighted by Crippen LogP contribution is -2.11. The fraction of sp³-hybridized carbons (Fsp3) is 0.0769. The zero-order valence-corrected chi connectivity index (χ0v) is 10.6. The van der Waals surface area contributed by atoms with Crippen LogP contribution in [0.5, 0.6) is 5.75 Å². The number of hydrogen-bond donors (Lipinski definition) is 2. The monoisotopic (exact) mass is 279 g/mol. The summed E-state index contributed by atoms with van der Waals surface area (Å²) in [5, 5.41) is 7.67. The topological polar surface area (TPSA) is 72.0 Å². The molecule has 1 aromatic heterocycles. The van der Waals surface area contributed by atoms with Crippen molar-refractivity contribution in [2.75, 3.05) is 0 Å². The summed E-state index contributed by atoms with van der Waals surface area (Å²) in [4.78, 5) is 3.85.